The maximum absolute atomic E-state index is 12.2. The zero-order valence-electron chi connectivity index (χ0n) is 8.66. The van der Waals surface area contributed by atoms with Crippen LogP contribution in [0.2, 0.25) is 0 Å². The minimum atomic E-state index is -4.72. The number of fused-ring (bicyclic) bond motifs is 1. The predicted octanol–water partition coefficient (Wildman–Crippen LogP) is 3.23. The molecule has 0 fully saturated rings. The van der Waals surface area contributed by atoms with E-state index >= 15 is 0 Å². The third-order valence-corrected chi connectivity index (χ3v) is 2.31. The van der Waals surface area contributed by atoms with Crippen molar-refractivity contribution in [3.63, 3.8) is 0 Å². The maximum atomic E-state index is 12.2. The highest BCUT2D eigenvalue weighted by molar-refractivity contribution is 5.88. The zero-order chi connectivity index (χ0) is 12.5. The summed E-state index contributed by atoms with van der Waals surface area (Å²) in [6, 6.07) is 9.19. The van der Waals surface area contributed by atoms with Gasteiger partial charge in [0, 0.05) is 5.39 Å². The Bertz CT molecular complexity index is 535. The molecule has 90 valence electrons. The third kappa shape index (κ3) is 2.68. The molecule has 17 heavy (non-hydrogen) atoms. The molecule has 0 spiro atoms. The van der Waals surface area contributed by atoms with Gasteiger partial charge >= 0.3 is 6.36 Å². The van der Waals surface area contributed by atoms with Crippen molar-refractivity contribution >= 4 is 10.8 Å². The largest absolute Gasteiger partial charge is 0.573 e. The van der Waals surface area contributed by atoms with Crippen LogP contribution in [-0.2, 0) is 6.61 Å². The van der Waals surface area contributed by atoms with Gasteiger partial charge in [-0.25, -0.2) is 0 Å². The lowest BCUT2D eigenvalue weighted by Crippen LogP contribution is -2.17. The molecular formula is C12H9F3O2. The molecule has 0 aromatic heterocycles. The number of hydrogen-bond donors (Lipinski definition) is 1. The number of ether oxygens (including phenoxy) is 1. The molecule has 1 N–H and O–H groups in total. The molecule has 0 saturated carbocycles. The molecule has 0 amide bonds. The lowest BCUT2D eigenvalue weighted by molar-refractivity contribution is -0.274. The van der Waals surface area contributed by atoms with Gasteiger partial charge in [0.05, 0.1) is 6.61 Å². The highest BCUT2D eigenvalue weighted by Gasteiger charge is 2.31. The second kappa shape index (κ2) is 4.25. The Hall–Kier alpha value is -1.75. The first-order valence-corrected chi connectivity index (χ1v) is 4.88. The summed E-state index contributed by atoms with van der Waals surface area (Å²) in [6.45, 7) is -0.226. The van der Waals surface area contributed by atoms with Gasteiger partial charge in [0.2, 0.25) is 0 Å². The highest BCUT2D eigenvalue weighted by Crippen LogP contribution is 2.31. The van der Waals surface area contributed by atoms with Crippen molar-refractivity contribution in [1.29, 1.82) is 0 Å². The quantitative estimate of drug-likeness (QED) is 0.876. The lowest BCUT2D eigenvalue weighted by Gasteiger charge is -2.11. The Morgan fingerprint density at radius 1 is 1.12 bits per heavy atom. The summed E-state index contributed by atoms with van der Waals surface area (Å²) in [6.07, 6.45) is -4.72. The molecule has 2 rings (SSSR count). The molecule has 2 aromatic rings. The van der Waals surface area contributed by atoms with E-state index in [1.807, 2.05) is 0 Å². The van der Waals surface area contributed by atoms with Crippen molar-refractivity contribution in [3.05, 3.63) is 42.0 Å². The number of rotatable bonds is 2. The minimum absolute atomic E-state index is 0.226. The maximum Gasteiger partial charge on any atom is 0.573 e. The van der Waals surface area contributed by atoms with Crippen LogP contribution in [0.3, 0.4) is 0 Å². The first-order valence-electron chi connectivity index (χ1n) is 4.88. The molecule has 0 saturated heterocycles. The normalized spacial score (nSPS) is 11.8. The van der Waals surface area contributed by atoms with E-state index in [1.165, 1.54) is 18.2 Å². The van der Waals surface area contributed by atoms with Crippen molar-refractivity contribution in [2.24, 2.45) is 0 Å². The Morgan fingerprint density at radius 2 is 1.88 bits per heavy atom. The van der Waals surface area contributed by atoms with Crippen LogP contribution >= 0.6 is 0 Å². The highest BCUT2D eigenvalue weighted by atomic mass is 19.4. The fourth-order valence-electron chi connectivity index (χ4n) is 1.60. The first-order chi connectivity index (χ1) is 7.99. The van der Waals surface area contributed by atoms with Gasteiger partial charge in [-0.3, -0.25) is 0 Å². The fraction of sp³-hybridized carbons (Fsp3) is 0.167. The average molecular weight is 242 g/mol. The molecule has 0 bridgehead atoms. The molecular weight excluding hydrogens is 233 g/mol. The van der Waals surface area contributed by atoms with Gasteiger partial charge in [0.15, 0.2) is 0 Å². The number of aliphatic hydroxyl groups is 1. The summed E-state index contributed by atoms with van der Waals surface area (Å²) in [5, 5.41) is 9.92. The van der Waals surface area contributed by atoms with Crippen molar-refractivity contribution < 1.29 is 23.0 Å². The van der Waals surface area contributed by atoms with Crippen LogP contribution in [-0.4, -0.2) is 11.5 Å². The fourth-order valence-corrected chi connectivity index (χ4v) is 1.60. The van der Waals surface area contributed by atoms with E-state index in [0.29, 0.717) is 16.3 Å². The Balaban J connectivity index is 2.54. The van der Waals surface area contributed by atoms with Gasteiger partial charge in [-0.1, -0.05) is 24.3 Å². The second-order valence-corrected chi connectivity index (χ2v) is 3.52. The van der Waals surface area contributed by atoms with Gasteiger partial charge in [-0.2, -0.15) is 0 Å². The molecule has 2 nitrogen and oxygen atoms in total. The zero-order valence-corrected chi connectivity index (χ0v) is 8.66. The van der Waals surface area contributed by atoms with Crippen LogP contribution in [0.4, 0.5) is 13.2 Å². The third-order valence-electron chi connectivity index (χ3n) is 2.31. The van der Waals surface area contributed by atoms with E-state index in [2.05, 4.69) is 4.74 Å². The number of halogens is 3. The van der Waals surface area contributed by atoms with E-state index in [4.69, 9.17) is 5.11 Å². The minimum Gasteiger partial charge on any atom is -0.405 e. The molecule has 0 aliphatic carbocycles. The average Bonchev–Trinajstić information content (AvgIpc) is 2.27. The van der Waals surface area contributed by atoms with Crippen LogP contribution in [0.1, 0.15) is 5.56 Å². The SMILES string of the molecule is OCc1ccc2cccc(OC(F)(F)F)c2c1. The Kier molecular flexibility index (Phi) is 2.93. The first kappa shape index (κ1) is 11.7. The van der Waals surface area contributed by atoms with Crippen LogP contribution in [0.25, 0.3) is 10.8 Å². The molecule has 0 unspecified atom stereocenters. The van der Waals surface area contributed by atoms with Crippen LogP contribution in [0.5, 0.6) is 5.75 Å². The summed E-state index contributed by atoms with van der Waals surface area (Å²) < 4.78 is 40.5. The molecule has 0 aliphatic rings. The molecule has 2 aromatic carbocycles. The number of alkyl halides is 3. The van der Waals surface area contributed by atoms with Crippen LogP contribution in [0, 0.1) is 0 Å². The standard InChI is InChI=1S/C12H9F3O2/c13-12(14,15)17-11-3-1-2-9-5-4-8(7-16)6-10(9)11/h1-6,16H,7H2. The van der Waals surface area contributed by atoms with E-state index < -0.39 is 6.36 Å². The van der Waals surface area contributed by atoms with Crippen molar-refractivity contribution in [2.75, 3.05) is 0 Å². The number of aliphatic hydroxyl groups excluding tert-OH is 1. The summed E-state index contributed by atoms with van der Waals surface area (Å²) in [4.78, 5) is 0. The number of benzene rings is 2. The summed E-state index contributed by atoms with van der Waals surface area (Å²) in [7, 11) is 0. The number of hydrogen-bond acceptors (Lipinski definition) is 2. The van der Waals surface area contributed by atoms with Gasteiger partial charge in [-0.15, -0.1) is 13.2 Å². The van der Waals surface area contributed by atoms with E-state index in [0.717, 1.165) is 0 Å². The second-order valence-electron chi connectivity index (χ2n) is 3.52. The van der Waals surface area contributed by atoms with Crippen LogP contribution < -0.4 is 4.74 Å². The molecule has 0 aliphatic heterocycles. The van der Waals surface area contributed by atoms with Crippen molar-refractivity contribution in [3.8, 4) is 5.75 Å². The molecule has 0 radical (unpaired) electrons. The summed E-state index contributed by atoms with van der Waals surface area (Å²) in [5.41, 5.74) is 0.538. The topological polar surface area (TPSA) is 29.5 Å². The lowest BCUT2D eigenvalue weighted by atomic mass is 10.1. The molecule has 0 heterocycles. The van der Waals surface area contributed by atoms with E-state index in [9.17, 15) is 13.2 Å². The summed E-state index contributed by atoms with van der Waals surface area (Å²) in [5.74, 6) is -0.259. The van der Waals surface area contributed by atoms with Crippen molar-refractivity contribution in [2.45, 2.75) is 13.0 Å². The summed E-state index contributed by atoms with van der Waals surface area (Å²) >= 11 is 0. The van der Waals surface area contributed by atoms with Gasteiger partial charge in [0.25, 0.3) is 0 Å². The Morgan fingerprint density at radius 3 is 2.53 bits per heavy atom. The molecule has 5 heteroatoms. The van der Waals surface area contributed by atoms with Gasteiger partial charge in [0.1, 0.15) is 5.75 Å². The predicted molar refractivity (Wildman–Crippen MR) is 56.6 cm³/mol. The van der Waals surface area contributed by atoms with E-state index in [-0.39, 0.29) is 12.4 Å². The molecule has 0 atom stereocenters. The monoisotopic (exact) mass is 242 g/mol. The smallest absolute Gasteiger partial charge is 0.405 e. The Labute approximate surface area is 95.2 Å². The van der Waals surface area contributed by atoms with Gasteiger partial charge in [-0.05, 0) is 23.1 Å². The van der Waals surface area contributed by atoms with Crippen molar-refractivity contribution in [1.82, 2.24) is 0 Å². The van der Waals surface area contributed by atoms with E-state index in [1.54, 1.807) is 18.2 Å². The van der Waals surface area contributed by atoms with Crippen LogP contribution in [0.15, 0.2) is 36.4 Å². The van der Waals surface area contributed by atoms with Gasteiger partial charge < -0.3 is 9.84 Å².